The van der Waals surface area contributed by atoms with Gasteiger partial charge in [0, 0.05) is 32.4 Å². The molecule has 0 radical (unpaired) electrons. The Labute approximate surface area is 271 Å². The van der Waals surface area contributed by atoms with Gasteiger partial charge < -0.3 is 25.7 Å². The Kier molecular flexibility index (Phi) is 14.0. The number of aliphatic carboxylic acids is 1. The van der Waals surface area contributed by atoms with Gasteiger partial charge in [0.25, 0.3) is 0 Å². The van der Waals surface area contributed by atoms with Crippen LogP contribution in [0.25, 0.3) is 10.4 Å². The molecule has 1 saturated heterocycles. The second-order valence-corrected chi connectivity index (χ2v) is 14.0. The molecule has 2 heterocycles. The fraction of sp³-hybridized carbons (Fsp3) is 0.618. The molecule has 0 aliphatic carbocycles. The van der Waals surface area contributed by atoms with Crippen LogP contribution < -0.4 is 10.6 Å². The first kappa shape index (κ1) is 36.2. The maximum Gasteiger partial charge on any atom is 0.303 e. The van der Waals surface area contributed by atoms with E-state index >= 15 is 0 Å². The average Bonchev–Trinajstić information content (AvgIpc) is 3.60. The van der Waals surface area contributed by atoms with Gasteiger partial charge in [-0.3, -0.25) is 19.2 Å². The van der Waals surface area contributed by atoms with Crippen LogP contribution in [0.4, 0.5) is 0 Å². The normalized spacial score (nSPS) is 17.2. The zero-order valence-electron chi connectivity index (χ0n) is 27.1. The monoisotopic (exact) mass is 642 g/mol. The van der Waals surface area contributed by atoms with Gasteiger partial charge in [-0.25, -0.2) is 4.98 Å². The van der Waals surface area contributed by atoms with E-state index in [1.807, 2.05) is 57.5 Å². The van der Waals surface area contributed by atoms with E-state index in [1.54, 1.807) is 11.3 Å². The number of aryl methyl sites for hydroxylation is 1. The number of β-amino-alcohol motifs (C(OH)–C–C–N with tert-alkyl or cyclic N) is 1. The molecule has 1 aromatic carbocycles. The molecule has 11 heteroatoms. The van der Waals surface area contributed by atoms with Crippen molar-refractivity contribution < 1.29 is 29.4 Å². The first-order valence-electron chi connectivity index (χ1n) is 16.1. The number of carbonyl (C=O) groups is 4. The Hall–Kier alpha value is -3.31. The number of benzene rings is 1. The number of nitrogens with one attached hydrogen (secondary N) is 2. The summed E-state index contributed by atoms with van der Waals surface area (Å²) in [5, 5.41) is 25.0. The van der Waals surface area contributed by atoms with E-state index in [9.17, 15) is 24.3 Å². The fourth-order valence-electron chi connectivity index (χ4n) is 5.64. The van der Waals surface area contributed by atoms with Crippen molar-refractivity contribution in [3.63, 3.8) is 0 Å². The average molecular weight is 643 g/mol. The fourth-order valence-corrected chi connectivity index (χ4v) is 6.45. The Morgan fingerprint density at radius 1 is 0.978 bits per heavy atom. The number of carboxylic acid groups (broad SMARTS) is 1. The van der Waals surface area contributed by atoms with Crippen molar-refractivity contribution >= 4 is 35.0 Å². The number of aliphatic hydroxyl groups excluding tert-OH is 1. The van der Waals surface area contributed by atoms with E-state index < -0.39 is 29.6 Å². The van der Waals surface area contributed by atoms with E-state index in [0.717, 1.165) is 60.2 Å². The highest BCUT2D eigenvalue weighted by atomic mass is 32.1. The van der Waals surface area contributed by atoms with Crippen molar-refractivity contribution in [3.8, 4) is 10.4 Å². The third-order valence-corrected chi connectivity index (χ3v) is 9.23. The maximum absolute atomic E-state index is 13.8. The summed E-state index contributed by atoms with van der Waals surface area (Å²) in [7, 11) is 0. The second-order valence-electron chi connectivity index (χ2n) is 13.2. The van der Waals surface area contributed by atoms with Crippen molar-refractivity contribution in [1.29, 1.82) is 0 Å². The number of carboxylic acids is 1. The molecule has 0 bridgehead atoms. The molecule has 1 aromatic heterocycles. The number of carbonyl (C=O) groups excluding carboxylic acids is 3. The molecule has 0 saturated carbocycles. The zero-order valence-corrected chi connectivity index (χ0v) is 28.0. The van der Waals surface area contributed by atoms with E-state index in [0.29, 0.717) is 25.8 Å². The highest BCUT2D eigenvalue weighted by Crippen LogP contribution is 2.28. The zero-order chi connectivity index (χ0) is 33.0. The van der Waals surface area contributed by atoms with Gasteiger partial charge in [0.1, 0.15) is 12.1 Å². The molecule has 4 N–H and O–H groups in total. The third kappa shape index (κ3) is 11.5. The predicted octanol–water partition coefficient (Wildman–Crippen LogP) is 5.21. The lowest BCUT2D eigenvalue weighted by Gasteiger charge is -2.35. The van der Waals surface area contributed by atoms with Crippen LogP contribution >= 0.6 is 11.3 Å². The Morgan fingerprint density at radius 2 is 1.58 bits per heavy atom. The summed E-state index contributed by atoms with van der Waals surface area (Å²) in [6.45, 7) is 7.94. The van der Waals surface area contributed by atoms with Gasteiger partial charge in [-0.05, 0) is 36.3 Å². The lowest BCUT2D eigenvalue weighted by Crippen LogP contribution is -2.57. The van der Waals surface area contributed by atoms with Crippen LogP contribution in [0, 0.1) is 12.3 Å². The van der Waals surface area contributed by atoms with Gasteiger partial charge in [-0.1, -0.05) is 83.6 Å². The largest absolute Gasteiger partial charge is 0.481 e. The molecule has 3 amide bonds. The van der Waals surface area contributed by atoms with Gasteiger partial charge in [0.15, 0.2) is 0 Å². The third-order valence-electron chi connectivity index (χ3n) is 8.26. The summed E-state index contributed by atoms with van der Waals surface area (Å²) < 4.78 is 0. The number of nitrogens with zero attached hydrogens (tertiary/aromatic N) is 2. The van der Waals surface area contributed by atoms with Crippen molar-refractivity contribution in [1.82, 2.24) is 20.5 Å². The molecule has 248 valence electrons. The number of aliphatic hydroxyl groups is 1. The first-order chi connectivity index (χ1) is 21.4. The molecule has 0 unspecified atom stereocenters. The molecule has 0 spiro atoms. The van der Waals surface area contributed by atoms with Crippen molar-refractivity contribution in [3.05, 3.63) is 41.0 Å². The molecule has 45 heavy (non-hydrogen) atoms. The quantitative estimate of drug-likeness (QED) is 0.173. The van der Waals surface area contributed by atoms with E-state index in [1.165, 1.54) is 4.90 Å². The number of rotatable bonds is 17. The van der Waals surface area contributed by atoms with E-state index in [4.69, 9.17) is 5.11 Å². The second kappa shape index (κ2) is 17.4. The molecule has 3 rings (SSSR count). The Balaban J connectivity index is 1.48. The molecular weight excluding hydrogens is 592 g/mol. The first-order valence-corrected chi connectivity index (χ1v) is 17.0. The number of amides is 3. The minimum atomic E-state index is -0.834. The number of unbranched alkanes of at least 4 members (excludes halogenated alkanes) is 7. The van der Waals surface area contributed by atoms with Crippen molar-refractivity contribution in [2.45, 2.75) is 123 Å². The highest BCUT2D eigenvalue weighted by Gasteiger charge is 2.44. The van der Waals surface area contributed by atoms with Gasteiger partial charge in [-0.2, -0.15) is 0 Å². The van der Waals surface area contributed by atoms with Gasteiger partial charge in [0.05, 0.1) is 22.2 Å². The number of thiazole rings is 1. The van der Waals surface area contributed by atoms with Crippen LogP contribution in [-0.4, -0.2) is 68.5 Å². The molecule has 1 aliphatic rings. The van der Waals surface area contributed by atoms with Gasteiger partial charge in [0.2, 0.25) is 17.7 Å². The summed E-state index contributed by atoms with van der Waals surface area (Å²) in [6.07, 6.45) is 7.27. The van der Waals surface area contributed by atoms with Crippen molar-refractivity contribution in [2.24, 2.45) is 5.41 Å². The lowest BCUT2D eigenvalue weighted by atomic mass is 9.85. The Morgan fingerprint density at radius 3 is 2.13 bits per heavy atom. The van der Waals surface area contributed by atoms with Crippen LogP contribution in [0.2, 0.25) is 0 Å². The molecular formula is C34H50N4O6S. The van der Waals surface area contributed by atoms with E-state index in [-0.39, 0.29) is 37.1 Å². The summed E-state index contributed by atoms with van der Waals surface area (Å²) in [6, 6.07) is 6.26. The van der Waals surface area contributed by atoms with Crippen LogP contribution in [0.3, 0.4) is 0 Å². The topological polar surface area (TPSA) is 149 Å². The molecule has 3 atom stereocenters. The van der Waals surface area contributed by atoms with Crippen LogP contribution in [-0.2, 0) is 25.7 Å². The van der Waals surface area contributed by atoms with Crippen LogP contribution in [0.15, 0.2) is 29.8 Å². The number of likely N-dealkylation sites (tertiary alicyclic amines) is 1. The smallest absolute Gasteiger partial charge is 0.303 e. The van der Waals surface area contributed by atoms with Gasteiger partial charge >= 0.3 is 5.97 Å². The predicted molar refractivity (Wildman–Crippen MR) is 175 cm³/mol. The standard InChI is InChI=1S/C34H50N4O6S/c1-23-30(45-22-36-23)25-17-15-24(16-18-25)20-35-32(43)27-19-26(39)21-38(27)33(44)31(34(2,3)4)37-28(40)13-11-9-7-5-6-8-10-12-14-29(41)42/h15-18,22,26-27,31,39H,5-14,19-21H2,1-4H3,(H,35,43)(H,37,40)(H,41,42)/t26-,27+,31-/m1/s1. The number of aromatic nitrogens is 1. The SMILES string of the molecule is Cc1ncsc1-c1ccc(CNC(=O)[C@@H]2C[C@@H](O)CN2C(=O)[C@@H](NC(=O)CCCCCCCCCCC(=O)O)C(C)(C)C)cc1. The summed E-state index contributed by atoms with van der Waals surface area (Å²) in [5.74, 6) is -1.64. The summed E-state index contributed by atoms with van der Waals surface area (Å²) >= 11 is 1.58. The summed E-state index contributed by atoms with van der Waals surface area (Å²) in [5.41, 5.74) is 4.18. The minimum absolute atomic E-state index is 0.0403. The van der Waals surface area contributed by atoms with Gasteiger partial charge in [-0.15, -0.1) is 11.3 Å². The number of hydrogen-bond acceptors (Lipinski definition) is 7. The molecule has 10 nitrogen and oxygen atoms in total. The van der Waals surface area contributed by atoms with Crippen molar-refractivity contribution in [2.75, 3.05) is 6.54 Å². The maximum atomic E-state index is 13.8. The van der Waals surface area contributed by atoms with Crippen LogP contribution in [0.5, 0.6) is 0 Å². The number of hydrogen-bond donors (Lipinski definition) is 4. The molecule has 2 aromatic rings. The Bertz CT molecular complexity index is 1270. The van der Waals surface area contributed by atoms with E-state index in [2.05, 4.69) is 15.6 Å². The lowest BCUT2D eigenvalue weighted by molar-refractivity contribution is -0.144. The minimum Gasteiger partial charge on any atom is -0.481 e. The summed E-state index contributed by atoms with van der Waals surface area (Å²) in [4.78, 5) is 57.3. The highest BCUT2D eigenvalue weighted by molar-refractivity contribution is 7.13. The molecule has 1 aliphatic heterocycles. The van der Waals surface area contributed by atoms with Crippen LogP contribution in [0.1, 0.15) is 103 Å². The molecule has 1 fully saturated rings.